The van der Waals surface area contributed by atoms with E-state index >= 15 is 0 Å². The molecule has 1 aromatic rings. The summed E-state index contributed by atoms with van der Waals surface area (Å²) in [7, 11) is 2.02. The Balaban J connectivity index is 2.16. The first-order valence-corrected chi connectivity index (χ1v) is 7.75. The van der Waals surface area contributed by atoms with Gasteiger partial charge in [-0.15, -0.1) is 11.3 Å². The van der Waals surface area contributed by atoms with E-state index in [2.05, 4.69) is 50.2 Å². The standard InChI is InChI=1S/C11H15Br2NOS/c1-6-3-7(5-15-6)10(14-2)9-4-8(12)11(13)16-9/h4,6-7,10,14H,3,5H2,1-2H3. The molecule has 3 unspecified atom stereocenters. The fourth-order valence-corrected chi connectivity index (χ4v) is 4.50. The van der Waals surface area contributed by atoms with E-state index in [0.717, 1.165) is 21.3 Å². The van der Waals surface area contributed by atoms with Gasteiger partial charge < -0.3 is 10.1 Å². The Bertz CT molecular complexity index is 349. The Labute approximate surface area is 117 Å². The van der Waals surface area contributed by atoms with Crippen LogP contribution in [0.1, 0.15) is 24.3 Å². The van der Waals surface area contributed by atoms with Crippen LogP contribution in [0.2, 0.25) is 0 Å². The van der Waals surface area contributed by atoms with Crippen molar-refractivity contribution in [2.45, 2.75) is 25.5 Å². The molecule has 0 radical (unpaired) electrons. The van der Waals surface area contributed by atoms with Crippen molar-refractivity contribution in [3.8, 4) is 0 Å². The van der Waals surface area contributed by atoms with E-state index in [-0.39, 0.29) is 0 Å². The van der Waals surface area contributed by atoms with Crippen molar-refractivity contribution in [1.82, 2.24) is 5.32 Å². The minimum Gasteiger partial charge on any atom is -0.378 e. The molecule has 1 aliphatic heterocycles. The quantitative estimate of drug-likeness (QED) is 0.871. The Morgan fingerprint density at radius 1 is 1.56 bits per heavy atom. The van der Waals surface area contributed by atoms with Gasteiger partial charge in [0.05, 0.1) is 16.5 Å². The minimum atomic E-state index is 0.396. The molecule has 0 spiro atoms. The molecule has 2 nitrogen and oxygen atoms in total. The molecule has 2 rings (SSSR count). The summed E-state index contributed by atoms with van der Waals surface area (Å²) in [4.78, 5) is 1.36. The third kappa shape index (κ3) is 2.70. The van der Waals surface area contributed by atoms with Gasteiger partial charge >= 0.3 is 0 Å². The average molecular weight is 369 g/mol. The van der Waals surface area contributed by atoms with Crippen LogP contribution in [0.25, 0.3) is 0 Å². The van der Waals surface area contributed by atoms with Crippen molar-refractivity contribution in [3.63, 3.8) is 0 Å². The van der Waals surface area contributed by atoms with Crippen LogP contribution in [-0.2, 0) is 4.74 Å². The lowest BCUT2D eigenvalue weighted by Crippen LogP contribution is -2.24. The zero-order valence-corrected chi connectivity index (χ0v) is 13.3. The van der Waals surface area contributed by atoms with Crippen LogP contribution in [0, 0.1) is 5.92 Å². The van der Waals surface area contributed by atoms with E-state index in [1.54, 1.807) is 11.3 Å². The minimum absolute atomic E-state index is 0.396. The van der Waals surface area contributed by atoms with Crippen molar-refractivity contribution in [2.75, 3.05) is 13.7 Å². The monoisotopic (exact) mass is 367 g/mol. The second-order valence-corrected chi connectivity index (χ2v) is 7.43. The van der Waals surface area contributed by atoms with E-state index < -0.39 is 0 Å². The summed E-state index contributed by atoms with van der Waals surface area (Å²) in [5.74, 6) is 0.581. The number of halogens is 2. The first-order chi connectivity index (χ1) is 7.61. The molecule has 0 bridgehead atoms. The molecule has 1 fully saturated rings. The molecule has 0 aromatic carbocycles. The highest BCUT2D eigenvalue weighted by Crippen LogP contribution is 2.40. The van der Waals surface area contributed by atoms with Gasteiger partial charge in [0.1, 0.15) is 0 Å². The number of hydrogen-bond donors (Lipinski definition) is 1. The van der Waals surface area contributed by atoms with E-state index in [9.17, 15) is 0 Å². The summed E-state index contributed by atoms with van der Waals surface area (Å²) < 4.78 is 7.95. The summed E-state index contributed by atoms with van der Waals surface area (Å²) in [6.07, 6.45) is 1.53. The average Bonchev–Trinajstić information content (AvgIpc) is 2.77. The Morgan fingerprint density at radius 3 is 2.75 bits per heavy atom. The SMILES string of the molecule is CNC(c1cc(Br)c(Br)s1)C1COC(C)C1. The van der Waals surface area contributed by atoms with Crippen LogP contribution in [0.5, 0.6) is 0 Å². The predicted molar refractivity (Wildman–Crippen MR) is 75.0 cm³/mol. The molecule has 0 saturated carbocycles. The van der Waals surface area contributed by atoms with Crippen LogP contribution in [0.15, 0.2) is 14.3 Å². The second kappa shape index (κ2) is 5.48. The summed E-state index contributed by atoms with van der Waals surface area (Å²) in [5.41, 5.74) is 0. The van der Waals surface area contributed by atoms with Gasteiger partial charge in [-0.25, -0.2) is 0 Å². The van der Waals surface area contributed by atoms with Crippen molar-refractivity contribution < 1.29 is 4.74 Å². The molecular formula is C11H15Br2NOS. The first kappa shape index (κ1) is 13.0. The summed E-state index contributed by atoms with van der Waals surface area (Å²) in [6, 6.07) is 2.59. The van der Waals surface area contributed by atoms with E-state index in [1.165, 1.54) is 4.88 Å². The topological polar surface area (TPSA) is 21.3 Å². The zero-order valence-electron chi connectivity index (χ0n) is 9.30. The Morgan fingerprint density at radius 2 is 2.31 bits per heavy atom. The van der Waals surface area contributed by atoms with Gasteiger partial charge in [0.2, 0.25) is 0 Å². The maximum absolute atomic E-state index is 5.65. The molecule has 0 aliphatic carbocycles. The van der Waals surface area contributed by atoms with E-state index in [1.807, 2.05) is 7.05 Å². The maximum Gasteiger partial charge on any atom is 0.0843 e. The van der Waals surface area contributed by atoms with E-state index in [4.69, 9.17) is 4.74 Å². The van der Waals surface area contributed by atoms with Gasteiger partial charge in [-0.1, -0.05) is 0 Å². The van der Waals surface area contributed by atoms with Crippen molar-refractivity contribution in [1.29, 1.82) is 0 Å². The summed E-state index contributed by atoms with van der Waals surface area (Å²) in [6.45, 7) is 3.01. The number of hydrogen-bond acceptors (Lipinski definition) is 3. The lowest BCUT2D eigenvalue weighted by Gasteiger charge is -2.20. The van der Waals surface area contributed by atoms with Gasteiger partial charge in [-0.3, -0.25) is 0 Å². The number of thiophene rings is 1. The van der Waals surface area contributed by atoms with Gasteiger partial charge in [-0.05, 0) is 58.3 Å². The second-order valence-electron chi connectivity index (χ2n) is 4.18. The van der Waals surface area contributed by atoms with Crippen LogP contribution in [0.3, 0.4) is 0 Å². The normalized spacial score (nSPS) is 27.2. The molecule has 90 valence electrons. The van der Waals surface area contributed by atoms with Gasteiger partial charge in [0.25, 0.3) is 0 Å². The molecule has 1 saturated heterocycles. The molecule has 1 N–H and O–H groups in total. The molecule has 3 atom stereocenters. The fraction of sp³-hybridized carbons (Fsp3) is 0.636. The van der Waals surface area contributed by atoms with Gasteiger partial charge in [-0.2, -0.15) is 0 Å². The summed E-state index contributed by atoms with van der Waals surface area (Å²) in [5, 5.41) is 3.41. The van der Waals surface area contributed by atoms with Crippen molar-refractivity contribution in [2.24, 2.45) is 5.92 Å². The van der Waals surface area contributed by atoms with Crippen LogP contribution >= 0.6 is 43.2 Å². The third-order valence-corrected chi connectivity index (χ3v) is 6.32. The lowest BCUT2D eigenvalue weighted by molar-refractivity contribution is 0.117. The van der Waals surface area contributed by atoms with Gasteiger partial charge in [0, 0.05) is 21.3 Å². The first-order valence-electron chi connectivity index (χ1n) is 5.35. The molecule has 0 amide bonds. The van der Waals surface area contributed by atoms with Crippen molar-refractivity contribution in [3.05, 3.63) is 19.2 Å². The Kier molecular flexibility index (Phi) is 4.46. The number of rotatable bonds is 3. The molecular weight excluding hydrogens is 354 g/mol. The Hall–Kier alpha value is 0.580. The highest BCUT2D eigenvalue weighted by molar-refractivity contribution is 9.13. The van der Waals surface area contributed by atoms with Crippen LogP contribution < -0.4 is 5.32 Å². The number of nitrogens with one attached hydrogen (secondary N) is 1. The molecule has 16 heavy (non-hydrogen) atoms. The molecule has 1 aromatic heterocycles. The highest BCUT2D eigenvalue weighted by Gasteiger charge is 2.30. The summed E-state index contributed by atoms with van der Waals surface area (Å²) >= 11 is 8.87. The van der Waals surface area contributed by atoms with Crippen LogP contribution in [0.4, 0.5) is 0 Å². The molecule has 1 aliphatic rings. The zero-order chi connectivity index (χ0) is 11.7. The highest BCUT2D eigenvalue weighted by atomic mass is 79.9. The smallest absolute Gasteiger partial charge is 0.0843 e. The third-order valence-electron chi connectivity index (χ3n) is 2.98. The maximum atomic E-state index is 5.65. The molecule has 5 heteroatoms. The largest absolute Gasteiger partial charge is 0.378 e. The van der Waals surface area contributed by atoms with Crippen LogP contribution in [-0.4, -0.2) is 19.8 Å². The van der Waals surface area contributed by atoms with Crippen molar-refractivity contribution >= 4 is 43.2 Å². The fourth-order valence-electron chi connectivity index (χ4n) is 2.21. The van der Waals surface area contributed by atoms with Gasteiger partial charge in [0.15, 0.2) is 0 Å². The molecule has 2 heterocycles. The number of ether oxygens (including phenoxy) is 1. The lowest BCUT2D eigenvalue weighted by atomic mass is 9.96. The van der Waals surface area contributed by atoms with E-state index in [0.29, 0.717) is 18.1 Å². The predicted octanol–water partition coefficient (Wildman–Crippen LogP) is 3.96.